The number of hydrogen-bond donors (Lipinski definition) is 2. The molecule has 1 aromatic heterocycles. The fourth-order valence-electron chi connectivity index (χ4n) is 1.67. The summed E-state index contributed by atoms with van der Waals surface area (Å²) in [5, 5.41) is 2.65. The van der Waals surface area contributed by atoms with Crippen molar-refractivity contribution in [1.29, 1.82) is 0 Å². The zero-order valence-electron chi connectivity index (χ0n) is 11.1. The molecule has 1 aromatic carbocycles. The second-order valence-electron chi connectivity index (χ2n) is 4.32. The molecule has 0 aliphatic heterocycles. The maximum atomic E-state index is 13.2. The van der Waals surface area contributed by atoms with Crippen LogP contribution < -0.4 is 10.0 Å². The molecule has 0 saturated heterocycles. The van der Waals surface area contributed by atoms with Gasteiger partial charge in [0.1, 0.15) is 11.6 Å². The van der Waals surface area contributed by atoms with E-state index in [9.17, 15) is 12.8 Å². The SMILES string of the molecule is CNCc1ccc(S(=O)(=O)Nc2cc(F)ccc2C)o1. The van der Waals surface area contributed by atoms with Crippen LogP contribution >= 0.6 is 0 Å². The molecule has 0 amide bonds. The van der Waals surface area contributed by atoms with Crippen LogP contribution in [0.2, 0.25) is 0 Å². The van der Waals surface area contributed by atoms with Gasteiger partial charge in [-0.2, -0.15) is 8.42 Å². The molecule has 0 radical (unpaired) electrons. The van der Waals surface area contributed by atoms with Crippen molar-refractivity contribution in [2.75, 3.05) is 11.8 Å². The average Bonchev–Trinajstić information content (AvgIpc) is 2.83. The van der Waals surface area contributed by atoms with E-state index < -0.39 is 15.8 Å². The summed E-state index contributed by atoms with van der Waals surface area (Å²) in [4.78, 5) is 0. The highest BCUT2D eigenvalue weighted by Crippen LogP contribution is 2.22. The zero-order chi connectivity index (χ0) is 14.8. The van der Waals surface area contributed by atoms with E-state index in [4.69, 9.17) is 4.42 Å². The van der Waals surface area contributed by atoms with E-state index in [0.29, 0.717) is 17.9 Å². The first kappa shape index (κ1) is 14.5. The highest BCUT2D eigenvalue weighted by Gasteiger charge is 2.19. The average molecular weight is 298 g/mol. The van der Waals surface area contributed by atoms with E-state index >= 15 is 0 Å². The highest BCUT2D eigenvalue weighted by atomic mass is 32.2. The van der Waals surface area contributed by atoms with Crippen LogP contribution in [0.1, 0.15) is 11.3 Å². The number of rotatable bonds is 5. The molecular formula is C13H15FN2O3S. The maximum absolute atomic E-state index is 13.2. The van der Waals surface area contributed by atoms with Crippen molar-refractivity contribution in [3.05, 3.63) is 47.5 Å². The van der Waals surface area contributed by atoms with E-state index in [1.807, 2.05) is 0 Å². The third-order valence-corrected chi connectivity index (χ3v) is 3.93. The largest absolute Gasteiger partial charge is 0.446 e. The molecule has 0 aliphatic rings. The van der Waals surface area contributed by atoms with Gasteiger partial charge in [-0.25, -0.2) is 4.39 Å². The molecule has 0 fully saturated rings. The third-order valence-electron chi connectivity index (χ3n) is 2.70. The van der Waals surface area contributed by atoms with Gasteiger partial charge in [0.25, 0.3) is 10.0 Å². The topological polar surface area (TPSA) is 71.3 Å². The number of aryl methyl sites for hydroxylation is 1. The Kier molecular flexibility index (Phi) is 4.10. The summed E-state index contributed by atoms with van der Waals surface area (Å²) >= 11 is 0. The van der Waals surface area contributed by atoms with Gasteiger partial charge in [0.05, 0.1) is 12.2 Å². The molecule has 7 heteroatoms. The van der Waals surface area contributed by atoms with Crippen molar-refractivity contribution in [3.8, 4) is 0 Å². The van der Waals surface area contributed by atoms with E-state index in [0.717, 1.165) is 6.07 Å². The smallest absolute Gasteiger partial charge is 0.295 e. The van der Waals surface area contributed by atoms with Crippen LogP contribution in [0.3, 0.4) is 0 Å². The van der Waals surface area contributed by atoms with Gasteiger partial charge >= 0.3 is 0 Å². The molecule has 0 saturated carbocycles. The highest BCUT2D eigenvalue weighted by molar-refractivity contribution is 7.92. The van der Waals surface area contributed by atoms with Gasteiger partial charge in [0.15, 0.2) is 0 Å². The number of hydrogen-bond acceptors (Lipinski definition) is 4. The predicted octanol–water partition coefficient (Wildman–Crippen LogP) is 2.25. The van der Waals surface area contributed by atoms with E-state index in [1.54, 1.807) is 20.0 Å². The Bertz CT molecular complexity index is 710. The number of halogens is 1. The number of sulfonamides is 1. The van der Waals surface area contributed by atoms with Gasteiger partial charge < -0.3 is 9.73 Å². The zero-order valence-corrected chi connectivity index (χ0v) is 11.9. The second kappa shape index (κ2) is 5.64. The molecule has 5 nitrogen and oxygen atoms in total. The maximum Gasteiger partial charge on any atom is 0.295 e. The van der Waals surface area contributed by atoms with Gasteiger partial charge in [0, 0.05) is 0 Å². The predicted molar refractivity (Wildman–Crippen MR) is 73.4 cm³/mol. The molecule has 108 valence electrons. The van der Waals surface area contributed by atoms with Gasteiger partial charge in [-0.15, -0.1) is 0 Å². The fourth-order valence-corrected chi connectivity index (χ4v) is 2.75. The molecule has 2 rings (SSSR count). The molecule has 0 atom stereocenters. The molecule has 20 heavy (non-hydrogen) atoms. The first-order valence-corrected chi connectivity index (χ1v) is 7.43. The van der Waals surface area contributed by atoms with Gasteiger partial charge in [0.2, 0.25) is 5.09 Å². The van der Waals surface area contributed by atoms with Crippen LogP contribution in [0.15, 0.2) is 39.8 Å². The Hall–Kier alpha value is -1.86. The monoisotopic (exact) mass is 298 g/mol. The van der Waals surface area contributed by atoms with E-state index in [1.165, 1.54) is 18.2 Å². The third kappa shape index (κ3) is 3.17. The first-order valence-electron chi connectivity index (χ1n) is 5.94. The van der Waals surface area contributed by atoms with Crippen LogP contribution in [0, 0.1) is 12.7 Å². The lowest BCUT2D eigenvalue weighted by atomic mass is 10.2. The second-order valence-corrected chi connectivity index (χ2v) is 5.93. The van der Waals surface area contributed by atoms with Crippen molar-refractivity contribution in [2.24, 2.45) is 0 Å². The van der Waals surface area contributed by atoms with Crippen LogP contribution in [0.25, 0.3) is 0 Å². The van der Waals surface area contributed by atoms with Gasteiger partial charge in [-0.3, -0.25) is 4.72 Å². The normalized spacial score (nSPS) is 11.6. The quantitative estimate of drug-likeness (QED) is 0.888. The molecule has 2 N–H and O–H groups in total. The van der Waals surface area contributed by atoms with Crippen molar-refractivity contribution in [1.82, 2.24) is 5.32 Å². The number of anilines is 1. The molecule has 0 bridgehead atoms. The Labute approximate surface area is 116 Å². The van der Waals surface area contributed by atoms with Crippen LogP contribution in [-0.4, -0.2) is 15.5 Å². The molecule has 1 heterocycles. The van der Waals surface area contributed by atoms with Crippen molar-refractivity contribution < 1.29 is 17.2 Å². The lowest BCUT2D eigenvalue weighted by molar-refractivity contribution is 0.408. The molecule has 2 aromatic rings. The van der Waals surface area contributed by atoms with E-state index in [-0.39, 0.29) is 10.8 Å². The Morgan fingerprint density at radius 1 is 1.25 bits per heavy atom. The summed E-state index contributed by atoms with van der Waals surface area (Å²) in [5.41, 5.74) is 0.813. The molecule has 0 spiro atoms. The van der Waals surface area contributed by atoms with Crippen LogP contribution in [0.5, 0.6) is 0 Å². The summed E-state index contributed by atoms with van der Waals surface area (Å²) in [5.74, 6) is -0.00699. The minimum Gasteiger partial charge on any atom is -0.446 e. The minimum atomic E-state index is -3.86. The lowest BCUT2D eigenvalue weighted by Crippen LogP contribution is -2.13. The summed E-state index contributed by atoms with van der Waals surface area (Å²) in [6.45, 7) is 2.11. The van der Waals surface area contributed by atoms with Crippen molar-refractivity contribution >= 4 is 15.7 Å². The number of benzene rings is 1. The number of furan rings is 1. The standard InChI is InChI=1S/C13H15FN2O3S/c1-9-3-4-10(14)7-12(9)16-20(17,18)13-6-5-11(19-13)8-15-2/h3-7,15-16H,8H2,1-2H3. The summed E-state index contributed by atoms with van der Waals surface area (Å²) in [7, 11) is -2.13. The Balaban J connectivity index is 2.28. The summed E-state index contributed by atoms with van der Waals surface area (Å²) in [6.07, 6.45) is 0. The van der Waals surface area contributed by atoms with Crippen LogP contribution in [0.4, 0.5) is 10.1 Å². The Morgan fingerprint density at radius 2 is 2.00 bits per heavy atom. The minimum absolute atomic E-state index is 0.191. The van der Waals surface area contributed by atoms with Crippen LogP contribution in [-0.2, 0) is 16.6 Å². The lowest BCUT2D eigenvalue weighted by Gasteiger charge is -2.08. The molecule has 0 aliphatic carbocycles. The van der Waals surface area contributed by atoms with E-state index in [2.05, 4.69) is 10.0 Å². The van der Waals surface area contributed by atoms with Crippen molar-refractivity contribution in [3.63, 3.8) is 0 Å². The first-order chi connectivity index (χ1) is 9.42. The summed E-state index contributed by atoms with van der Waals surface area (Å²) in [6, 6.07) is 6.84. The molecular weight excluding hydrogens is 283 g/mol. The summed E-state index contributed by atoms with van der Waals surface area (Å²) < 4.78 is 45.0. The van der Waals surface area contributed by atoms with Gasteiger partial charge in [-0.05, 0) is 43.8 Å². The van der Waals surface area contributed by atoms with Crippen molar-refractivity contribution in [2.45, 2.75) is 18.6 Å². The fraction of sp³-hybridized carbons (Fsp3) is 0.231. The van der Waals surface area contributed by atoms with Gasteiger partial charge in [-0.1, -0.05) is 6.07 Å². The Morgan fingerprint density at radius 3 is 2.70 bits per heavy atom. The number of nitrogens with one attached hydrogen (secondary N) is 2. The molecule has 0 unspecified atom stereocenters.